The van der Waals surface area contributed by atoms with Crippen molar-refractivity contribution in [1.82, 2.24) is 10.0 Å². The van der Waals surface area contributed by atoms with Gasteiger partial charge < -0.3 is 10.2 Å². The van der Waals surface area contributed by atoms with Crippen LogP contribution < -0.4 is 14.9 Å². The predicted molar refractivity (Wildman–Crippen MR) is 128 cm³/mol. The molecule has 2 fully saturated rings. The van der Waals surface area contributed by atoms with Crippen LogP contribution in [-0.4, -0.2) is 39.4 Å². The highest BCUT2D eigenvalue weighted by molar-refractivity contribution is 7.89. The zero-order valence-electron chi connectivity index (χ0n) is 18.3. The quantitative estimate of drug-likeness (QED) is 0.594. The molecule has 7 nitrogen and oxygen atoms in total. The van der Waals surface area contributed by atoms with Crippen LogP contribution in [0, 0.1) is 5.92 Å². The summed E-state index contributed by atoms with van der Waals surface area (Å²) < 4.78 is 27.8. The summed E-state index contributed by atoms with van der Waals surface area (Å²) in [6, 6.07) is 13.8. The van der Waals surface area contributed by atoms with Crippen LogP contribution in [0.4, 0.5) is 5.69 Å². The van der Waals surface area contributed by atoms with Gasteiger partial charge in [-0.2, -0.15) is 0 Å². The molecule has 176 valence electrons. The van der Waals surface area contributed by atoms with Gasteiger partial charge in [0.2, 0.25) is 21.8 Å². The van der Waals surface area contributed by atoms with Gasteiger partial charge in [-0.25, -0.2) is 13.1 Å². The van der Waals surface area contributed by atoms with Crippen molar-refractivity contribution in [2.75, 3.05) is 18.0 Å². The van der Waals surface area contributed by atoms with E-state index in [1.54, 1.807) is 53.4 Å². The highest BCUT2D eigenvalue weighted by Gasteiger charge is 2.35. The molecular weight excluding hydrogens is 462 g/mol. The lowest BCUT2D eigenvalue weighted by Crippen LogP contribution is -2.34. The number of anilines is 1. The van der Waals surface area contributed by atoms with Gasteiger partial charge in [-0.05, 0) is 61.2 Å². The third kappa shape index (κ3) is 5.93. The van der Waals surface area contributed by atoms with E-state index < -0.39 is 15.9 Å². The maximum Gasteiger partial charge on any atom is 0.240 e. The van der Waals surface area contributed by atoms with Gasteiger partial charge in [-0.3, -0.25) is 9.59 Å². The summed E-state index contributed by atoms with van der Waals surface area (Å²) in [5, 5.41) is 3.49. The molecule has 4 rings (SSSR count). The van der Waals surface area contributed by atoms with Crippen molar-refractivity contribution in [2.45, 2.75) is 49.5 Å². The highest BCUT2D eigenvalue weighted by atomic mass is 35.5. The average molecular weight is 490 g/mol. The fourth-order valence-corrected chi connectivity index (χ4v) is 5.83. The van der Waals surface area contributed by atoms with Gasteiger partial charge >= 0.3 is 0 Å². The summed E-state index contributed by atoms with van der Waals surface area (Å²) in [6.45, 7) is 0.754. The molecule has 9 heteroatoms. The van der Waals surface area contributed by atoms with Gasteiger partial charge in [0.15, 0.2) is 0 Å². The third-order valence-corrected chi connectivity index (χ3v) is 8.05. The van der Waals surface area contributed by atoms with Crippen LogP contribution >= 0.6 is 11.6 Å². The molecule has 0 bridgehead atoms. The summed E-state index contributed by atoms with van der Waals surface area (Å²) in [5.41, 5.74) is 1.66. The van der Waals surface area contributed by atoms with Gasteiger partial charge in [0.1, 0.15) is 0 Å². The van der Waals surface area contributed by atoms with Crippen molar-refractivity contribution in [3.63, 3.8) is 0 Å². The van der Waals surface area contributed by atoms with E-state index in [2.05, 4.69) is 10.0 Å². The summed E-state index contributed by atoms with van der Waals surface area (Å²) >= 11 is 5.91. The molecule has 2 aromatic carbocycles. The SMILES string of the molecule is O=C(NCCc1ccc(S(=O)(=O)NC2CCCC2)cc1)C1CC(=O)N(c2ccc(Cl)cc2)C1. The van der Waals surface area contributed by atoms with Crippen molar-refractivity contribution >= 4 is 39.1 Å². The maximum absolute atomic E-state index is 12.6. The van der Waals surface area contributed by atoms with Crippen LogP contribution in [0.3, 0.4) is 0 Å². The second kappa shape index (κ2) is 10.2. The molecule has 0 radical (unpaired) electrons. The molecule has 0 spiro atoms. The Kier molecular flexibility index (Phi) is 7.36. The molecule has 1 aliphatic heterocycles. The number of benzene rings is 2. The molecule has 2 amide bonds. The van der Waals surface area contributed by atoms with Gasteiger partial charge in [0.05, 0.1) is 10.8 Å². The Balaban J connectivity index is 1.25. The van der Waals surface area contributed by atoms with E-state index in [1.165, 1.54) is 0 Å². The van der Waals surface area contributed by atoms with Gasteiger partial charge in [0.25, 0.3) is 0 Å². The lowest BCUT2D eigenvalue weighted by molar-refractivity contribution is -0.126. The molecular formula is C24H28ClN3O4S. The number of carbonyl (C=O) groups is 2. The molecule has 33 heavy (non-hydrogen) atoms. The Bertz CT molecular complexity index is 1100. The Labute approximate surface area is 199 Å². The molecule has 1 saturated heterocycles. The largest absolute Gasteiger partial charge is 0.355 e. The van der Waals surface area contributed by atoms with Crippen LogP contribution in [0.1, 0.15) is 37.7 Å². The van der Waals surface area contributed by atoms with Crippen molar-refractivity contribution in [3.05, 3.63) is 59.1 Å². The zero-order valence-corrected chi connectivity index (χ0v) is 19.9. The third-order valence-electron chi connectivity index (χ3n) is 6.26. The molecule has 1 aliphatic carbocycles. The Hall–Kier alpha value is -2.42. The minimum Gasteiger partial charge on any atom is -0.355 e. The van der Waals surface area contributed by atoms with Crippen molar-refractivity contribution in [3.8, 4) is 0 Å². The second-order valence-electron chi connectivity index (χ2n) is 8.67. The molecule has 1 unspecified atom stereocenters. The summed E-state index contributed by atoms with van der Waals surface area (Å²) in [7, 11) is -3.50. The predicted octanol–water partition coefficient (Wildman–Crippen LogP) is 3.27. The first kappa shape index (κ1) is 23.7. The van der Waals surface area contributed by atoms with Crippen molar-refractivity contribution < 1.29 is 18.0 Å². The van der Waals surface area contributed by atoms with E-state index in [-0.39, 0.29) is 29.2 Å². The normalized spacial score (nSPS) is 19.2. The van der Waals surface area contributed by atoms with E-state index in [4.69, 9.17) is 11.6 Å². The highest BCUT2D eigenvalue weighted by Crippen LogP contribution is 2.26. The molecule has 1 saturated carbocycles. The van der Waals surface area contributed by atoms with Gasteiger partial charge in [-0.1, -0.05) is 36.6 Å². The second-order valence-corrected chi connectivity index (χ2v) is 10.8. The maximum atomic E-state index is 12.6. The molecule has 1 heterocycles. The van der Waals surface area contributed by atoms with Crippen LogP contribution in [0.5, 0.6) is 0 Å². The average Bonchev–Trinajstić information content (AvgIpc) is 3.44. The first-order valence-corrected chi connectivity index (χ1v) is 13.1. The standard InChI is InChI=1S/C24H28ClN3O4S/c25-19-7-9-21(10-8-19)28-16-18(15-23(28)29)24(30)26-14-13-17-5-11-22(12-6-17)33(31,32)27-20-3-1-2-4-20/h5-12,18,20,27H,1-4,13-16H2,(H,26,30). The number of hydrogen-bond acceptors (Lipinski definition) is 4. The lowest BCUT2D eigenvalue weighted by Gasteiger charge is -2.16. The number of rotatable bonds is 8. The minimum atomic E-state index is -3.50. The fourth-order valence-electron chi connectivity index (χ4n) is 4.39. The van der Waals surface area contributed by atoms with Crippen LogP contribution in [0.2, 0.25) is 5.02 Å². The molecule has 1 atom stereocenters. The van der Waals surface area contributed by atoms with Crippen molar-refractivity contribution in [1.29, 1.82) is 0 Å². The number of nitrogens with zero attached hydrogens (tertiary/aromatic N) is 1. The van der Waals surface area contributed by atoms with E-state index >= 15 is 0 Å². The number of nitrogens with one attached hydrogen (secondary N) is 2. The number of amides is 2. The van der Waals surface area contributed by atoms with Gasteiger partial charge in [-0.15, -0.1) is 0 Å². The number of sulfonamides is 1. The van der Waals surface area contributed by atoms with E-state index in [1.807, 2.05) is 0 Å². The van der Waals surface area contributed by atoms with Crippen molar-refractivity contribution in [2.24, 2.45) is 5.92 Å². The number of hydrogen-bond donors (Lipinski definition) is 2. The smallest absolute Gasteiger partial charge is 0.240 e. The molecule has 2 aliphatic rings. The van der Waals surface area contributed by atoms with Crippen LogP contribution in [0.25, 0.3) is 0 Å². The Morgan fingerprint density at radius 1 is 1.03 bits per heavy atom. The first-order valence-electron chi connectivity index (χ1n) is 11.3. The van der Waals surface area contributed by atoms with Gasteiger partial charge in [0, 0.05) is 36.3 Å². The molecule has 0 aromatic heterocycles. The van der Waals surface area contributed by atoms with Crippen LogP contribution in [-0.2, 0) is 26.0 Å². The minimum absolute atomic E-state index is 0.0305. The first-order chi connectivity index (χ1) is 15.8. The number of carbonyl (C=O) groups excluding carboxylic acids is 2. The van der Waals surface area contributed by atoms with E-state index in [0.717, 1.165) is 36.9 Å². The summed E-state index contributed by atoms with van der Waals surface area (Å²) in [6.07, 6.45) is 4.65. The fraction of sp³-hybridized carbons (Fsp3) is 0.417. The summed E-state index contributed by atoms with van der Waals surface area (Å²) in [4.78, 5) is 26.8. The topological polar surface area (TPSA) is 95.6 Å². The van der Waals surface area contributed by atoms with E-state index in [9.17, 15) is 18.0 Å². The lowest BCUT2D eigenvalue weighted by atomic mass is 10.1. The summed E-state index contributed by atoms with van der Waals surface area (Å²) in [5.74, 6) is -0.636. The van der Waals surface area contributed by atoms with E-state index in [0.29, 0.717) is 24.5 Å². The van der Waals surface area contributed by atoms with Crippen LogP contribution in [0.15, 0.2) is 53.4 Å². The molecule has 2 N–H and O–H groups in total. The Morgan fingerprint density at radius 2 is 1.70 bits per heavy atom. The molecule has 2 aromatic rings. The number of halogens is 1. The monoisotopic (exact) mass is 489 g/mol. The zero-order chi connectivity index (χ0) is 23.4. The Morgan fingerprint density at radius 3 is 2.36 bits per heavy atom.